The largest absolute Gasteiger partial charge is 0.481 e. The fourth-order valence-electron chi connectivity index (χ4n) is 3.87. The number of primary amides is 1. The second kappa shape index (κ2) is 12.9. The maximum absolute atomic E-state index is 12.2. The number of carbonyl (C=O) groups excluding carboxylic acids is 3. The number of nitrogens with one attached hydrogen (secondary N) is 1. The molecule has 0 aromatic heterocycles. The van der Waals surface area contributed by atoms with Gasteiger partial charge >= 0.3 is 5.97 Å². The number of carbonyl (C=O) groups is 4. The van der Waals surface area contributed by atoms with E-state index in [9.17, 15) is 39.6 Å². The van der Waals surface area contributed by atoms with Gasteiger partial charge in [-0.15, -0.1) is 0 Å². The molecule has 9 N–H and O–H groups in total. The van der Waals surface area contributed by atoms with Crippen LogP contribution in [0, 0.1) is 5.92 Å². The summed E-state index contributed by atoms with van der Waals surface area (Å²) in [5, 5.41) is 42.2. The lowest BCUT2D eigenvalue weighted by atomic mass is 9.92. The number of aliphatic hydroxyl groups is 3. The van der Waals surface area contributed by atoms with Crippen molar-refractivity contribution in [3.05, 3.63) is 0 Å². The Morgan fingerprint density at radius 1 is 1.18 bits per heavy atom. The molecule has 0 aromatic rings. The molecule has 9 atom stereocenters. The molecule has 1 heterocycles. The lowest BCUT2D eigenvalue weighted by Crippen LogP contribution is -2.65. The van der Waals surface area contributed by atoms with Crippen LogP contribution in [-0.4, -0.2) is 112 Å². The highest BCUT2D eigenvalue weighted by molar-refractivity contribution is 5.89. The Hall–Kier alpha value is -2.36. The molecule has 1 rings (SSSR count). The zero-order valence-corrected chi connectivity index (χ0v) is 19.7. The van der Waals surface area contributed by atoms with Gasteiger partial charge in [-0.2, -0.15) is 0 Å². The predicted molar refractivity (Wildman–Crippen MR) is 116 cm³/mol. The molecule has 0 saturated carbocycles. The van der Waals surface area contributed by atoms with E-state index in [1.807, 2.05) is 0 Å². The summed E-state index contributed by atoms with van der Waals surface area (Å²) in [6.45, 7) is 3.46. The molecule has 1 aliphatic heterocycles. The molecule has 14 heteroatoms. The zero-order chi connectivity index (χ0) is 26.3. The van der Waals surface area contributed by atoms with E-state index < -0.39 is 85.0 Å². The van der Waals surface area contributed by atoms with Crippen molar-refractivity contribution in [3.8, 4) is 0 Å². The SMILES string of the molecule is CC(=O)N[C@@H]1[C@@H](OC(C)CC(C[C@H](C(N)=O)N(C)C(=O)[C@H](C)N)C(=O)O)[C@H](O)[C@@H](CO)O[C@@H]1O. The first-order chi connectivity index (χ1) is 15.7. The van der Waals surface area contributed by atoms with Gasteiger partial charge in [-0.25, -0.2) is 0 Å². The predicted octanol–water partition coefficient (Wildman–Crippen LogP) is -3.52. The minimum absolute atomic E-state index is 0.171. The van der Waals surface area contributed by atoms with E-state index in [-0.39, 0.29) is 12.8 Å². The quantitative estimate of drug-likeness (QED) is 0.141. The number of nitrogens with two attached hydrogens (primary N) is 2. The molecule has 0 aromatic carbocycles. The average Bonchev–Trinajstić information content (AvgIpc) is 2.73. The van der Waals surface area contributed by atoms with Gasteiger partial charge < -0.3 is 51.6 Å². The minimum atomic E-state index is -1.60. The number of rotatable bonds is 12. The van der Waals surface area contributed by atoms with Crippen LogP contribution in [0.1, 0.15) is 33.6 Å². The fourth-order valence-corrected chi connectivity index (χ4v) is 3.87. The highest BCUT2D eigenvalue weighted by Crippen LogP contribution is 2.26. The standard InChI is InChI=1S/C20H36N4O10/c1-8(33-16-14(23-10(3)26)20(32)34-13(7-25)15(16)27)5-11(19(30)31)6-12(17(22)28)24(4)18(29)9(2)21/h8-9,11-16,20,25,27,32H,5-7,21H2,1-4H3,(H2,22,28)(H,23,26)(H,30,31)/t8?,9-,11?,12+,13+,14+,15+,16+,20-/m0/s1. The van der Waals surface area contributed by atoms with Crippen LogP contribution in [0.2, 0.25) is 0 Å². The van der Waals surface area contributed by atoms with Gasteiger partial charge in [-0.1, -0.05) is 0 Å². The molecule has 14 nitrogen and oxygen atoms in total. The molecule has 34 heavy (non-hydrogen) atoms. The Labute approximate surface area is 197 Å². The van der Waals surface area contributed by atoms with Crippen molar-refractivity contribution in [3.63, 3.8) is 0 Å². The topological polar surface area (TPSA) is 235 Å². The normalized spacial score (nSPS) is 28.3. The van der Waals surface area contributed by atoms with Gasteiger partial charge in [0.1, 0.15) is 30.4 Å². The van der Waals surface area contributed by atoms with Gasteiger partial charge in [0, 0.05) is 14.0 Å². The van der Waals surface area contributed by atoms with Gasteiger partial charge in [-0.05, 0) is 26.7 Å². The Balaban J connectivity index is 3.03. The second-order valence-electron chi connectivity index (χ2n) is 8.54. The molecule has 1 fully saturated rings. The second-order valence-corrected chi connectivity index (χ2v) is 8.54. The zero-order valence-electron chi connectivity index (χ0n) is 19.7. The number of aliphatic hydroxyl groups excluding tert-OH is 3. The van der Waals surface area contributed by atoms with E-state index in [0.717, 1.165) is 4.90 Å². The maximum Gasteiger partial charge on any atom is 0.306 e. The summed E-state index contributed by atoms with van der Waals surface area (Å²) in [6.07, 6.45) is -6.87. The summed E-state index contributed by atoms with van der Waals surface area (Å²) >= 11 is 0. The molecule has 1 aliphatic rings. The van der Waals surface area contributed by atoms with Crippen molar-refractivity contribution in [2.75, 3.05) is 13.7 Å². The number of likely N-dealkylation sites (N-methyl/N-ethyl adjacent to an activating group) is 1. The van der Waals surface area contributed by atoms with Gasteiger partial charge in [0.05, 0.1) is 24.7 Å². The summed E-state index contributed by atoms with van der Waals surface area (Å²) in [5.74, 6) is -4.51. The van der Waals surface area contributed by atoms with E-state index in [2.05, 4.69) is 5.32 Å². The number of carboxylic acid groups (broad SMARTS) is 1. The molecule has 0 radical (unpaired) electrons. The number of hydrogen-bond donors (Lipinski definition) is 7. The van der Waals surface area contributed by atoms with E-state index in [0.29, 0.717) is 0 Å². The van der Waals surface area contributed by atoms with Crippen molar-refractivity contribution in [2.24, 2.45) is 17.4 Å². The highest BCUT2D eigenvalue weighted by atomic mass is 16.6. The average molecular weight is 493 g/mol. The summed E-state index contributed by atoms with van der Waals surface area (Å²) in [4.78, 5) is 48.6. The highest BCUT2D eigenvalue weighted by Gasteiger charge is 2.46. The molecule has 0 bridgehead atoms. The maximum atomic E-state index is 12.2. The van der Waals surface area contributed by atoms with Crippen molar-refractivity contribution in [2.45, 2.75) is 82.4 Å². The van der Waals surface area contributed by atoms with Crippen LogP contribution >= 0.6 is 0 Å². The monoisotopic (exact) mass is 492 g/mol. The number of aliphatic carboxylic acids is 1. The summed E-state index contributed by atoms with van der Waals surface area (Å²) in [6, 6.07) is -3.37. The Kier molecular flexibility index (Phi) is 11.3. The molecular weight excluding hydrogens is 456 g/mol. The van der Waals surface area contributed by atoms with Crippen molar-refractivity contribution in [1.82, 2.24) is 10.2 Å². The lowest BCUT2D eigenvalue weighted by Gasteiger charge is -2.43. The number of nitrogens with zero attached hydrogens (tertiary/aromatic N) is 1. The van der Waals surface area contributed by atoms with E-state index >= 15 is 0 Å². The van der Waals surface area contributed by atoms with Gasteiger partial charge in [0.2, 0.25) is 17.7 Å². The van der Waals surface area contributed by atoms with E-state index in [4.69, 9.17) is 20.9 Å². The van der Waals surface area contributed by atoms with Crippen molar-refractivity contribution in [1.29, 1.82) is 0 Å². The lowest BCUT2D eigenvalue weighted by molar-refractivity contribution is -0.268. The van der Waals surface area contributed by atoms with Crippen LogP contribution in [0.3, 0.4) is 0 Å². The number of amides is 3. The van der Waals surface area contributed by atoms with Crippen LogP contribution in [0.5, 0.6) is 0 Å². The first-order valence-electron chi connectivity index (χ1n) is 10.8. The third-order valence-corrected chi connectivity index (χ3v) is 5.64. The third-order valence-electron chi connectivity index (χ3n) is 5.64. The summed E-state index contributed by atoms with van der Waals surface area (Å²) in [7, 11) is 1.30. The van der Waals surface area contributed by atoms with Crippen LogP contribution < -0.4 is 16.8 Å². The van der Waals surface area contributed by atoms with Crippen LogP contribution in [0.25, 0.3) is 0 Å². The molecule has 2 unspecified atom stereocenters. The number of ether oxygens (including phenoxy) is 2. The Morgan fingerprint density at radius 2 is 1.76 bits per heavy atom. The minimum Gasteiger partial charge on any atom is -0.481 e. The van der Waals surface area contributed by atoms with Crippen LogP contribution in [-0.2, 0) is 28.7 Å². The van der Waals surface area contributed by atoms with Crippen LogP contribution in [0.4, 0.5) is 0 Å². The van der Waals surface area contributed by atoms with Gasteiger partial charge in [-0.3, -0.25) is 19.2 Å². The summed E-state index contributed by atoms with van der Waals surface area (Å²) < 4.78 is 10.9. The molecule has 3 amide bonds. The molecule has 0 aliphatic carbocycles. The molecule has 0 spiro atoms. The molecular formula is C20H36N4O10. The number of carboxylic acids is 1. The smallest absolute Gasteiger partial charge is 0.306 e. The van der Waals surface area contributed by atoms with E-state index in [1.165, 1.54) is 27.8 Å². The molecule has 196 valence electrons. The van der Waals surface area contributed by atoms with Crippen LogP contribution in [0.15, 0.2) is 0 Å². The first kappa shape index (κ1) is 29.7. The number of hydrogen-bond acceptors (Lipinski definition) is 10. The third kappa shape index (κ3) is 7.85. The first-order valence-corrected chi connectivity index (χ1v) is 10.8. The van der Waals surface area contributed by atoms with Gasteiger partial charge in [0.25, 0.3) is 0 Å². The van der Waals surface area contributed by atoms with Gasteiger partial charge in [0.15, 0.2) is 6.29 Å². The van der Waals surface area contributed by atoms with Crippen molar-refractivity contribution < 1.29 is 49.1 Å². The Morgan fingerprint density at radius 3 is 2.21 bits per heavy atom. The Bertz CT molecular complexity index is 736. The summed E-state index contributed by atoms with van der Waals surface area (Å²) in [5.41, 5.74) is 11.0. The molecule has 1 saturated heterocycles. The van der Waals surface area contributed by atoms with E-state index in [1.54, 1.807) is 0 Å². The van der Waals surface area contributed by atoms with Crippen molar-refractivity contribution >= 4 is 23.7 Å². The fraction of sp³-hybridized carbons (Fsp3) is 0.800.